The van der Waals surface area contributed by atoms with Gasteiger partial charge >= 0.3 is 11.9 Å². The summed E-state index contributed by atoms with van der Waals surface area (Å²) in [6.45, 7) is 0. The number of carboxylic acid groups (broad SMARTS) is 1. The first kappa shape index (κ1) is 16.4. The van der Waals surface area contributed by atoms with Gasteiger partial charge in [0, 0.05) is 4.47 Å². The molecule has 20 heavy (non-hydrogen) atoms. The van der Waals surface area contributed by atoms with Crippen LogP contribution in [0, 0.1) is 0 Å². The second kappa shape index (κ2) is 6.71. The molecule has 0 unspecified atom stereocenters. The van der Waals surface area contributed by atoms with Gasteiger partial charge in [-0.15, -0.1) is 0 Å². The van der Waals surface area contributed by atoms with E-state index in [1.807, 2.05) is 0 Å². The predicted molar refractivity (Wildman–Crippen MR) is 75.1 cm³/mol. The zero-order chi connectivity index (χ0) is 15.3. The van der Waals surface area contributed by atoms with Crippen LogP contribution in [0.15, 0.2) is 22.7 Å². The van der Waals surface area contributed by atoms with Gasteiger partial charge in [0.05, 0.1) is 30.5 Å². The molecule has 110 valence electrons. The number of anilines is 1. The van der Waals surface area contributed by atoms with Crippen LogP contribution >= 0.6 is 15.9 Å². The predicted octanol–water partition coefficient (Wildman–Crippen LogP) is 1.45. The number of hydrogen-bond donors (Lipinski definition) is 2. The molecule has 0 saturated carbocycles. The fourth-order valence-electron chi connectivity index (χ4n) is 1.27. The number of rotatable bonds is 6. The van der Waals surface area contributed by atoms with E-state index < -0.39 is 27.7 Å². The number of carboxylic acids is 1. The van der Waals surface area contributed by atoms with Crippen molar-refractivity contribution in [2.75, 3.05) is 17.6 Å². The van der Waals surface area contributed by atoms with Crippen molar-refractivity contribution in [3.63, 3.8) is 0 Å². The molecular weight excluding hydrogens is 354 g/mol. The highest BCUT2D eigenvalue weighted by Crippen LogP contribution is 2.24. The Morgan fingerprint density at radius 2 is 2.05 bits per heavy atom. The number of carbonyl (C=O) groups excluding carboxylic acids is 1. The summed E-state index contributed by atoms with van der Waals surface area (Å²) in [5.41, 5.74) is 0.0358. The Balaban J connectivity index is 2.89. The van der Waals surface area contributed by atoms with Crippen molar-refractivity contribution in [1.29, 1.82) is 0 Å². The number of aromatic carboxylic acids is 1. The molecule has 0 fully saturated rings. The van der Waals surface area contributed by atoms with E-state index in [9.17, 15) is 18.0 Å². The Labute approximate surface area is 124 Å². The normalized spacial score (nSPS) is 10.9. The summed E-state index contributed by atoms with van der Waals surface area (Å²) in [6, 6.07) is 3.93. The number of sulfonamides is 1. The molecule has 0 spiro atoms. The summed E-state index contributed by atoms with van der Waals surface area (Å²) in [6.07, 6.45) is -0.290. The van der Waals surface area contributed by atoms with Crippen molar-refractivity contribution in [1.82, 2.24) is 0 Å². The van der Waals surface area contributed by atoms with Crippen LogP contribution in [-0.4, -0.2) is 38.3 Å². The molecule has 0 saturated heterocycles. The summed E-state index contributed by atoms with van der Waals surface area (Å²) in [7, 11) is -2.62. The van der Waals surface area contributed by atoms with Crippen molar-refractivity contribution in [3.05, 3.63) is 28.2 Å². The number of methoxy groups -OCH3 is 1. The van der Waals surface area contributed by atoms with Crippen molar-refractivity contribution >= 4 is 43.6 Å². The number of hydrogen-bond acceptors (Lipinski definition) is 5. The summed E-state index contributed by atoms with van der Waals surface area (Å²) in [5, 5.41) is 8.85. The second-order valence-electron chi connectivity index (χ2n) is 3.75. The fourth-order valence-corrected chi connectivity index (χ4v) is 2.79. The topological polar surface area (TPSA) is 110 Å². The average molecular weight is 366 g/mol. The van der Waals surface area contributed by atoms with E-state index in [0.717, 1.165) is 7.11 Å². The Kier molecular flexibility index (Phi) is 5.52. The lowest BCUT2D eigenvalue weighted by atomic mass is 10.2. The highest BCUT2D eigenvalue weighted by atomic mass is 79.9. The maximum atomic E-state index is 11.8. The number of halogens is 1. The van der Waals surface area contributed by atoms with Crippen LogP contribution in [0.3, 0.4) is 0 Å². The Morgan fingerprint density at radius 3 is 2.60 bits per heavy atom. The van der Waals surface area contributed by atoms with E-state index in [2.05, 4.69) is 25.4 Å². The van der Waals surface area contributed by atoms with Gasteiger partial charge in [-0.3, -0.25) is 9.52 Å². The monoisotopic (exact) mass is 365 g/mol. The average Bonchev–Trinajstić information content (AvgIpc) is 2.38. The quantitative estimate of drug-likeness (QED) is 0.738. The molecule has 7 nitrogen and oxygen atoms in total. The molecule has 0 amide bonds. The number of esters is 1. The number of carbonyl (C=O) groups is 2. The van der Waals surface area contributed by atoms with E-state index in [4.69, 9.17) is 5.11 Å². The summed E-state index contributed by atoms with van der Waals surface area (Å²) in [5.74, 6) is -2.27. The maximum absolute atomic E-state index is 11.8. The molecule has 0 aromatic heterocycles. The maximum Gasteiger partial charge on any atom is 0.335 e. The third-order valence-corrected chi connectivity index (χ3v) is 4.25. The van der Waals surface area contributed by atoms with E-state index >= 15 is 0 Å². The van der Waals surface area contributed by atoms with Gasteiger partial charge in [0.2, 0.25) is 10.0 Å². The Bertz CT molecular complexity index is 628. The first-order valence-electron chi connectivity index (χ1n) is 5.35. The van der Waals surface area contributed by atoms with Gasteiger partial charge in [-0.25, -0.2) is 13.2 Å². The summed E-state index contributed by atoms with van der Waals surface area (Å²) >= 11 is 3.11. The van der Waals surface area contributed by atoms with Crippen LogP contribution in [0.5, 0.6) is 0 Å². The molecule has 0 heterocycles. The van der Waals surface area contributed by atoms with E-state index in [1.54, 1.807) is 0 Å². The summed E-state index contributed by atoms with van der Waals surface area (Å²) < 4.78 is 30.5. The van der Waals surface area contributed by atoms with Gasteiger partial charge < -0.3 is 9.84 Å². The zero-order valence-corrected chi connectivity index (χ0v) is 12.8. The van der Waals surface area contributed by atoms with Crippen LogP contribution in [0.1, 0.15) is 16.8 Å². The molecule has 0 aliphatic heterocycles. The van der Waals surface area contributed by atoms with E-state index in [-0.39, 0.29) is 17.7 Å². The summed E-state index contributed by atoms with van der Waals surface area (Å²) in [4.78, 5) is 21.8. The molecule has 1 rings (SSSR count). The molecule has 0 aliphatic rings. The van der Waals surface area contributed by atoms with Gasteiger partial charge in [0.25, 0.3) is 0 Å². The largest absolute Gasteiger partial charge is 0.478 e. The minimum atomic E-state index is -3.78. The fraction of sp³-hybridized carbons (Fsp3) is 0.273. The van der Waals surface area contributed by atoms with Crippen LogP contribution in [0.2, 0.25) is 0 Å². The zero-order valence-electron chi connectivity index (χ0n) is 10.4. The van der Waals surface area contributed by atoms with Crippen LogP contribution in [0.25, 0.3) is 0 Å². The molecular formula is C11H12BrNO6S. The third-order valence-electron chi connectivity index (χ3n) is 2.28. The minimum Gasteiger partial charge on any atom is -0.478 e. The van der Waals surface area contributed by atoms with Crippen molar-refractivity contribution in [3.8, 4) is 0 Å². The first-order valence-corrected chi connectivity index (χ1v) is 7.80. The van der Waals surface area contributed by atoms with Crippen LogP contribution < -0.4 is 4.72 Å². The lowest BCUT2D eigenvalue weighted by molar-refractivity contribution is -0.140. The molecule has 2 N–H and O–H groups in total. The smallest absolute Gasteiger partial charge is 0.335 e. The second-order valence-corrected chi connectivity index (χ2v) is 6.44. The Morgan fingerprint density at radius 1 is 1.40 bits per heavy atom. The first-order chi connectivity index (χ1) is 9.25. The standard InChI is InChI=1S/C11H12BrNO6S/c1-19-10(14)4-5-20(17,18)13-9-6-7(11(15)16)2-3-8(9)12/h2-3,6,13H,4-5H2,1H3,(H,15,16). The van der Waals surface area contributed by atoms with Crippen molar-refractivity contribution in [2.24, 2.45) is 0 Å². The molecule has 0 radical (unpaired) electrons. The van der Waals surface area contributed by atoms with Crippen LogP contribution in [-0.2, 0) is 19.6 Å². The van der Waals surface area contributed by atoms with E-state index in [0.29, 0.717) is 4.47 Å². The van der Waals surface area contributed by atoms with Gasteiger partial charge in [0.1, 0.15) is 0 Å². The number of nitrogens with one attached hydrogen (secondary N) is 1. The SMILES string of the molecule is COC(=O)CCS(=O)(=O)Nc1cc(C(=O)O)ccc1Br. The van der Waals surface area contributed by atoms with Gasteiger partial charge in [-0.05, 0) is 34.1 Å². The van der Waals surface area contributed by atoms with E-state index in [1.165, 1.54) is 18.2 Å². The van der Waals surface area contributed by atoms with Gasteiger partial charge in [-0.1, -0.05) is 0 Å². The van der Waals surface area contributed by atoms with Crippen molar-refractivity contribution < 1.29 is 27.9 Å². The molecule has 1 aromatic rings. The number of benzene rings is 1. The molecule has 0 atom stereocenters. The highest BCUT2D eigenvalue weighted by molar-refractivity contribution is 9.10. The van der Waals surface area contributed by atoms with Crippen LogP contribution in [0.4, 0.5) is 5.69 Å². The van der Waals surface area contributed by atoms with Gasteiger partial charge in [0.15, 0.2) is 0 Å². The van der Waals surface area contributed by atoms with Crippen molar-refractivity contribution in [2.45, 2.75) is 6.42 Å². The van der Waals surface area contributed by atoms with Gasteiger partial charge in [-0.2, -0.15) is 0 Å². The third kappa shape index (κ3) is 4.82. The number of ether oxygens (including phenoxy) is 1. The molecule has 0 bridgehead atoms. The minimum absolute atomic E-state index is 0.0566. The molecule has 1 aromatic carbocycles. The highest BCUT2D eigenvalue weighted by Gasteiger charge is 2.16. The molecule has 0 aliphatic carbocycles. The lowest BCUT2D eigenvalue weighted by Crippen LogP contribution is -2.20. The Hall–Kier alpha value is -1.61. The lowest BCUT2D eigenvalue weighted by Gasteiger charge is -2.10. The molecule has 9 heteroatoms.